The number of rotatable bonds is 7. The molecular weight excluding hydrogens is 466 g/mol. The van der Waals surface area contributed by atoms with Crippen molar-refractivity contribution >= 4 is 40.8 Å². The summed E-state index contributed by atoms with van der Waals surface area (Å²) < 4.78 is 16.1. The van der Waals surface area contributed by atoms with Gasteiger partial charge in [0.05, 0.1) is 13.2 Å². The summed E-state index contributed by atoms with van der Waals surface area (Å²) in [7, 11) is 0. The van der Waals surface area contributed by atoms with E-state index in [1.165, 1.54) is 11.8 Å². The summed E-state index contributed by atoms with van der Waals surface area (Å²) in [5, 5.41) is 2.71. The second kappa shape index (κ2) is 11.3. The number of anilines is 3. The van der Waals surface area contributed by atoms with E-state index in [0.717, 1.165) is 12.0 Å². The van der Waals surface area contributed by atoms with E-state index in [0.29, 0.717) is 30.2 Å². The van der Waals surface area contributed by atoms with Gasteiger partial charge in [-0.05, 0) is 42.3 Å². The summed E-state index contributed by atoms with van der Waals surface area (Å²) in [4.78, 5) is 53.7. The van der Waals surface area contributed by atoms with Crippen molar-refractivity contribution in [3.8, 4) is 0 Å². The summed E-state index contributed by atoms with van der Waals surface area (Å²) in [6.07, 6.45) is -1.95. The fourth-order valence-corrected chi connectivity index (χ4v) is 4.17. The molecule has 2 fully saturated rings. The smallest absolute Gasteiger partial charge is 0.303 e. The second-order valence-corrected chi connectivity index (χ2v) is 8.47. The molecule has 0 spiro atoms. The fourth-order valence-electron chi connectivity index (χ4n) is 4.17. The highest BCUT2D eigenvalue weighted by Gasteiger charge is 2.42. The highest BCUT2D eigenvalue weighted by Crippen LogP contribution is 2.27. The van der Waals surface area contributed by atoms with Crippen LogP contribution in [0.25, 0.3) is 0 Å². The van der Waals surface area contributed by atoms with Gasteiger partial charge in [0.2, 0.25) is 6.10 Å². The Kier molecular flexibility index (Phi) is 7.97. The Labute approximate surface area is 209 Å². The highest BCUT2D eigenvalue weighted by molar-refractivity contribution is 6.05. The molecule has 3 amide bonds. The SMILES string of the molecule is CCc1ccc(NC(=O)[C@H](OC(C)=O)[C@H]2OCCN(c3cccc(N4CCOCC4=O)c3)C2=O)cc1. The molecule has 2 aliphatic rings. The minimum Gasteiger partial charge on any atom is -0.449 e. The van der Waals surface area contributed by atoms with E-state index in [4.69, 9.17) is 14.2 Å². The van der Waals surface area contributed by atoms with Crippen molar-refractivity contribution in [3.05, 3.63) is 54.1 Å². The largest absolute Gasteiger partial charge is 0.449 e. The van der Waals surface area contributed by atoms with Crippen LogP contribution in [0.15, 0.2) is 48.5 Å². The van der Waals surface area contributed by atoms with Gasteiger partial charge in [-0.3, -0.25) is 19.2 Å². The van der Waals surface area contributed by atoms with Gasteiger partial charge in [-0.2, -0.15) is 0 Å². The number of nitrogens with one attached hydrogen (secondary N) is 1. The number of esters is 1. The molecule has 0 aliphatic carbocycles. The quantitative estimate of drug-likeness (QED) is 0.584. The molecule has 2 heterocycles. The lowest BCUT2D eigenvalue weighted by atomic mass is 10.1. The molecule has 1 N–H and O–H groups in total. The van der Waals surface area contributed by atoms with Gasteiger partial charge in [-0.25, -0.2) is 0 Å². The van der Waals surface area contributed by atoms with Gasteiger partial charge in [-0.1, -0.05) is 25.1 Å². The van der Waals surface area contributed by atoms with Crippen LogP contribution in [0.4, 0.5) is 17.1 Å². The van der Waals surface area contributed by atoms with Crippen molar-refractivity contribution in [1.29, 1.82) is 0 Å². The van der Waals surface area contributed by atoms with Crippen LogP contribution >= 0.6 is 0 Å². The standard InChI is InChI=1S/C26H29N3O7/c1-3-18-7-9-19(10-8-18)27-25(32)23(36-17(2)30)24-26(33)29(12-14-35-24)21-6-4-5-20(15-21)28-11-13-34-16-22(28)31/h4-10,15,23-24H,3,11-14,16H2,1-2H3,(H,27,32)/t23-,24-/m1/s1. The van der Waals surface area contributed by atoms with Crippen LogP contribution in [0.2, 0.25) is 0 Å². The van der Waals surface area contributed by atoms with E-state index in [-0.39, 0.29) is 25.7 Å². The number of nitrogens with zero attached hydrogens (tertiary/aromatic N) is 2. The van der Waals surface area contributed by atoms with Crippen molar-refractivity contribution < 1.29 is 33.4 Å². The van der Waals surface area contributed by atoms with Crippen LogP contribution in [-0.2, 0) is 39.8 Å². The summed E-state index contributed by atoms with van der Waals surface area (Å²) in [6, 6.07) is 14.3. The summed E-state index contributed by atoms with van der Waals surface area (Å²) in [6.45, 7) is 4.41. The molecular formula is C26H29N3O7. The number of benzene rings is 2. The fraction of sp³-hybridized carbons (Fsp3) is 0.385. The number of aryl methyl sites for hydroxylation is 1. The number of morpholine rings is 2. The number of ether oxygens (including phenoxy) is 3. The lowest BCUT2D eigenvalue weighted by Gasteiger charge is -2.35. The lowest BCUT2D eigenvalue weighted by molar-refractivity contribution is -0.167. The van der Waals surface area contributed by atoms with Crippen LogP contribution in [0.3, 0.4) is 0 Å². The van der Waals surface area contributed by atoms with Crippen LogP contribution < -0.4 is 15.1 Å². The first-order chi connectivity index (χ1) is 17.4. The topological polar surface area (TPSA) is 114 Å². The Morgan fingerprint density at radius 3 is 2.42 bits per heavy atom. The first kappa shape index (κ1) is 25.3. The van der Waals surface area contributed by atoms with Gasteiger partial charge in [0.15, 0.2) is 6.10 Å². The third-order valence-electron chi connectivity index (χ3n) is 6.02. The minimum atomic E-state index is -1.48. The molecule has 4 rings (SSSR count). The minimum absolute atomic E-state index is 0.00311. The van der Waals surface area contributed by atoms with Crippen molar-refractivity contribution in [3.63, 3.8) is 0 Å². The Morgan fingerprint density at radius 2 is 1.75 bits per heavy atom. The maximum Gasteiger partial charge on any atom is 0.303 e. The van der Waals surface area contributed by atoms with Gasteiger partial charge in [0.25, 0.3) is 17.7 Å². The predicted octanol–water partition coefficient (Wildman–Crippen LogP) is 1.91. The van der Waals surface area contributed by atoms with Gasteiger partial charge < -0.3 is 29.3 Å². The van der Waals surface area contributed by atoms with Crippen molar-refractivity contribution in [1.82, 2.24) is 0 Å². The van der Waals surface area contributed by atoms with Gasteiger partial charge in [-0.15, -0.1) is 0 Å². The van der Waals surface area contributed by atoms with Gasteiger partial charge >= 0.3 is 5.97 Å². The number of carbonyl (C=O) groups excluding carboxylic acids is 4. The Morgan fingerprint density at radius 1 is 1.06 bits per heavy atom. The van der Waals surface area contributed by atoms with Gasteiger partial charge in [0.1, 0.15) is 6.61 Å². The molecule has 2 atom stereocenters. The molecule has 10 heteroatoms. The third-order valence-corrected chi connectivity index (χ3v) is 6.02. The zero-order valence-electron chi connectivity index (χ0n) is 20.3. The Bertz CT molecular complexity index is 1130. The molecule has 190 valence electrons. The molecule has 0 radical (unpaired) electrons. The molecule has 0 saturated carbocycles. The third kappa shape index (κ3) is 5.72. The molecule has 2 aromatic rings. The van der Waals surface area contributed by atoms with Crippen LogP contribution in [0, 0.1) is 0 Å². The van der Waals surface area contributed by atoms with Crippen LogP contribution in [-0.4, -0.2) is 68.8 Å². The maximum atomic E-state index is 13.5. The van der Waals surface area contributed by atoms with E-state index in [1.54, 1.807) is 41.3 Å². The Balaban J connectivity index is 1.54. The van der Waals surface area contributed by atoms with Crippen molar-refractivity contribution in [2.24, 2.45) is 0 Å². The number of hydrogen-bond donors (Lipinski definition) is 1. The lowest BCUT2D eigenvalue weighted by Crippen LogP contribution is -2.56. The number of carbonyl (C=O) groups is 4. The molecule has 0 aromatic heterocycles. The number of amides is 3. The first-order valence-electron chi connectivity index (χ1n) is 11.9. The monoisotopic (exact) mass is 495 g/mol. The predicted molar refractivity (Wildman–Crippen MR) is 132 cm³/mol. The Hall–Kier alpha value is -3.76. The van der Waals surface area contributed by atoms with Crippen molar-refractivity contribution in [2.75, 3.05) is 48.0 Å². The van der Waals surface area contributed by atoms with Crippen molar-refractivity contribution in [2.45, 2.75) is 32.5 Å². The summed E-state index contributed by atoms with van der Waals surface area (Å²) >= 11 is 0. The zero-order valence-corrected chi connectivity index (χ0v) is 20.3. The average Bonchev–Trinajstić information content (AvgIpc) is 2.88. The average molecular weight is 496 g/mol. The highest BCUT2D eigenvalue weighted by atomic mass is 16.6. The van der Waals surface area contributed by atoms with E-state index < -0.39 is 30.0 Å². The maximum absolute atomic E-state index is 13.5. The van der Waals surface area contributed by atoms with E-state index in [1.807, 2.05) is 19.1 Å². The molecule has 0 unspecified atom stereocenters. The molecule has 10 nitrogen and oxygen atoms in total. The molecule has 2 aromatic carbocycles. The second-order valence-electron chi connectivity index (χ2n) is 8.47. The zero-order chi connectivity index (χ0) is 25.7. The van der Waals surface area contributed by atoms with Crippen LogP contribution in [0.5, 0.6) is 0 Å². The normalized spacial score (nSPS) is 19.1. The van der Waals surface area contributed by atoms with Crippen LogP contribution in [0.1, 0.15) is 19.4 Å². The summed E-state index contributed by atoms with van der Waals surface area (Å²) in [5.74, 6) is -2.06. The van der Waals surface area contributed by atoms with E-state index in [9.17, 15) is 19.2 Å². The van der Waals surface area contributed by atoms with Gasteiger partial charge in [0, 0.05) is 37.1 Å². The molecule has 36 heavy (non-hydrogen) atoms. The first-order valence-corrected chi connectivity index (χ1v) is 11.9. The van der Waals surface area contributed by atoms with E-state index in [2.05, 4.69) is 5.32 Å². The number of hydrogen-bond acceptors (Lipinski definition) is 7. The molecule has 2 saturated heterocycles. The van der Waals surface area contributed by atoms with E-state index >= 15 is 0 Å². The molecule has 0 bridgehead atoms. The summed E-state index contributed by atoms with van der Waals surface area (Å²) in [5.41, 5.74) is 2.80. The molecule has 2 aliphatic heterocycles.